The summed E-state index contributed by atoms with van der Waals surface area (Å²) in [5.41, 5.74) is 3.08. The van der Waals surface area contributed by atoms with E-state index in [4.69, 9.17) is 4.84 Å². The molecule has 0 heterocycles. The zero-order chi connectivity index (χ0) is 27.0. The molecule has 38 heavy (non-hydrogen) atoms. The molecule has 0 aromatic heterocycles. The van der Waals surface area contributed by atoms with Crippen molar-refractivity contribution in [2.45, 2.75) is 47.0 Å². The highest BCUT2D eigenvalue weighted by Gasteiger charge is 2.71. The number of nitrogens with one attached hydrogen (secondary N) is 1. The van der Waals surface area contributed by atoms with E-state index < -0.39 is 11.4 Å². The van der Waals surface area contributed by atoms with E-state index in [1.807, 2.05) is 73.7 Å². The number of carbonyl (C=O) groups excluding carboxylic acids is 2. The SMILES string of the molecule is Cc1ccc(C(=O)O/N=C2\CC3(C(=O)Nc4ccc(N=Nc5ccccc5)cc4)CCC2(C)C3(C)C)cc1. The molecule has 3 aromatic rings. The number of carbonyl (C=O) groups is 2. The Labute approximate surface area is 223 Å². The fourth-order valence-electron chi connectivity index (χ4n) is 5.83. The van der Waals surface area contributed by atoms with E-state index in [9.17, 15) is 9.59 Å². The lowest BCUT2D eigenvalue weighted by molar-refractivity contribution is -0.130. The average molecular weight is 509 g/mol. The fourth-order valence-corrected chi connectivity index (χ4v) is 5.83. The molecule has 0 saturated heterocycles. The summed E-state index contributed by atoms with van der Waals surface area (Å²) in [7, 11) is 0. The molecule has 0 radical (unpaired) electrons. The molecule has 0 aliphatic heterocycles. The van der Waals surface area contributed by atoms with Gasteiger partial charge in [0.2, 0.25) is 5.91 Å². The van der Waals surface area contributed by atoms with E-state index in [0.29, 0.717) is 23.4 Å². The third-order valence-electron chi connectivity index (χ3n) is 8.86. The number of amides is 1. The molecule has 0 spiro atoms. The predicted molar refractivity (Wildman–Crippen MR) is 148 cm³/mol. The fraction of sp³-hybridized carbons (Fsp3) is 0.323. The third kappa shape index (κ3) is 4.32. The van der Waals surface area contributed by atoms with Crippen LogP contribution < -0.4 is 5.32 Å². The molecule has 7 heteroatoms. The lowest BCUT2D eigenvalue weighted by Crippen LogP contribution is -2.43. The summed E-state index contributed by atoms with van der Waals surface area (Å²) >= 11 is 0. The van der Waals surface area contributed by atoms with Crippen molar-refractivity contribution in [3.05, 3.63) is 90.0 Å². The molecule has 3 aromatic carbocycles. The van der Waals surface area contributed by atoms with Crippen LogP contribution in [0.1, 0.15) is 56.0 Å². The quantitative estimate of drug-likeness (QED) is 0.209. The summed E-state index contributed by atoms with van der Waals surface area (Å²) in [6, 6.07) is 24.0. The molecule has 1 N–H and O–H groups in total. The molecule has 2 bridgehead atoms. The molecule has 2 unspecified atom stereocenters. The second-order valence-corrected chi connectivity index (χ2v) is 11.0. The number of rotatable bonds is 6. The van der Waals surface area contributed by atoms with Crippen molar-refractivity contribution in [2.75, 3.05) is 5.32 Å². The highest BCUT2D eigenvalue weighted by Crippen LogP contribution is 2.71. The van der Waals surface area contributed by atoms with Gasteiger partial charge in [-0.3, -0.25) is 4.79 Å². The monoisotopic (exact) mass is 508 g/mol. The molecule has 7 nitrogen and oxygen atoms in total. The Kier molecular flexibility index (Phi) is 6.47. The smallest absolute Gasteiger partial charge is 0.326 e. The van der Waals surface area contributed by atoms with Gasteiger partial charge in [0, 0.05) is 17.5 Å². The number of anilines is 1. The number of nitrogens with zero attached hydrogens (tertiary/aromatic N) is 3. The molecular weight excluding hydrogens is 476 g/mol. The number of oxime groups is 1. The van der Waals surface area contributed by atoms with Gasteiger partial charge in [0.1, 0.15) is 0 Å². The Balaban J connectivity index is 1.30. The molecule has 194 valence electrons. The Bertz CT molecular complexity index is 1410. The van der Waals surface area contributed by atoms with Crippen LogP contribution in [0.5, 0.6) is 0 Å². The molecule has 2 aliphatic carbocycles. The summed E-state index contributed by atoms with van der Waals surface area (Å²) in [6.45, 7) is 8.33. The van der Waals surface area contributed by atoms with Crippen LogP contribution in [0.3, 0.4) is 0 Å². The number of fused-ring (bicyclic) bond motifs is 2. The van der Waals surface area contributed by atoms with Gasteiger partial charge < -0.3 is 10.2 Å². The number of aryl methyl sites for hydroxylation is 1. The Hall–Kier alpha value is -4.13. The second kappa shape index (κ2) is 9.63. The van der Waals surface area contributed by atoms with E-state index >= 15 is 0 Å². The van der Waals surface area contributed by atoms with E-state index in [2.05, 4.69) is 41.5 Å². The minimum atomic E-state index is -0.650. The van der Waals surface area contributed by atoms with Crippen molar-refractivity contribution in [1.82, 2.24) is 0 Å². The topological polar surface area (TPSA) is 92.5 Å². The molecule has 2 aliphatic rings. The minimum Gasteiger partial charge on any atom is -0.326 e. The number of benzene rings is 3. The van der Waals surface area contributed by atoms with E-state index in [1.54, 1.807) is 12.1 Å². The van der Waals surface area contributed by atoms with Crippen LogP contribution in [-0.2, 0) is 9.63 Å². The molecular formula is C31H32N4O3. The summed E-state index contributed by atoms with van der Waals surface area (Å²) < 4.78 is 0. The van der Waals surface area contributed by atoms with Crippen LogP contribution in [0.25, 0.3) is 0 Å². The standard InChI is InChI=1S/C31H32N4O3/c1-21-10-12-22(13-11-21)27(36)38-35-26-20-31(19-18-30(26,4)29(31,2)3)28(37)32-23-14-16-25(17-15-23)34-33-24-8-6-5-7-9-24/h5-17H,18-20H2,1-4H3,(H,32,37)/b34-33?,35-26+. The van der Waals surface area contributed by atoms with Crippen molar-refractivity contribution < 1.29 is 14.4 Å². The largest absolute Gasteiger partial charge is 0.365 e. The van der Waals surface area contributed by atoms with Crippen LogP contribution in [0.4, 0.5) is 17.1 Å². The number of azo groups is 1. The van der Waals surface area contributed by atoms with Gasteiger partial charge in [0.25, 0.3) is 0 Å². The van der Waals surface area contributed by atoms with Crippen LogP contribution >= 0.6 is 0 Å². The lowest BCUT2D eigenvalue weighted by Gasteiger charge is -2.39. The summed E-state index contributed by atoms with van der Waals surface area (Å²) in [6.07, 6.45) is 2.00. The first-order chi connectivity index (χ1) is 18.1. The first kappa shape index (κ1) is 25.5. The van der Waals surface area contributed by atoms with E-state index in [-0.39, 0.29) is 16.7 Å². The average Bonchev–Trinajstić information content (AvgIpc) is 3.23. The van der Waals surface area contributed by atoms with E-state index in [1.165, 1.54) is 0 Å². The Morgan fingerprint density at radius 1 is 0.816 bits per heavy atom. The molecule has 2 saturated carbocycles. The van der Waals surface area contributed by atoms with Crippen molar-refractivity contribution >= 4 is 34.7 Å². The maximum atomic E-state index is 13.8. The van der Waals surface area contributed by atoms with Gasteiger partial charge in [-0.15, -0.1) is 0 Å². The van der Waals surface area contributed by atoms with Gasteiger partial charge in [-0.2, -0.15) is 10.2 Å². The first-order valence-corrected chi connectivity index (χ1v) is 12.9. The molecule has 1 amide bonds. The Morgan fingerprint density at radius 3 is 2.11 bits per heavy atom. The first-order valence-electron chi connectivity index (χ1n) is 12.9. The van der Waals surface area contributed by atoms with Crippen LogP contribution in [0, 0.1) is 23.2 Å². The predicted octanol–water partition coefficient (Wildman–Crippen LogP) is 7.78. The van der Waals surface area contributed by atoms with E-state index in [0.717, 1.165) is 29.8 Å². The molecule has 5 rings (SSSR count). The number of hydrogen-bond donors (Lipinski definition) is 1. The van der Waals surface area contributed by atoms with Crippen molar-refractivity contribution in [3.63, 3.8) is 0 Å². The maximum absolute atomic E-state index is 13.8. The van der Waals surface area contributed by atoms with Gasteiger partial charge >= 0.3 is 5.97 Å². The molecule has 2 atom stereocenters. The zero-order valence-electron chi connectivity index (χ0n) is 22.2. The summed E-state index contributed by atoms with van der Waals surface area (Å²) in [4.78, 5) is 31.7. The highest BCUT2D eigenvalue weighted by atomic mass is 16.7. The van der Waals surface area contributed by atoms with Crippen LogP contribution in [0.2, 0.25) is 0 Å². The van der Waals surface area contributed by atoms with Crippen LogP contribution in [0.15, 0.2) is 94.2 Å². The maximum Gasteiger partial charge on any atom is 0.365 e. The minimum absolute atomic E-state index is 0.0417. The second-order valence-electron chi connectivity index (χ2n) is 11.0. The lowest BCUT2D eigenvalue weighted by atomic mass is 9.64. The van der Waals surface area contributed by atoms with Gasteiger partial charge in [-0.25, -0.2) is 4.79 Å². The van der Waals surface area contributed by atoms with Crippen molar-refractivity contribution in [3.8, 4) is 0 Å². The van der Waals surface area contributed by atoms with Gasteiger partial charge in [0.15, 0.2) is 0 Å². The molecule has 2 fully saturated rings. The normalized spacial score (nSPS) is 24.6. The third-order valence-corrected chi connectivity index (χ3v) is 8.86. The van der Waals surface area contributed by atoms with Crippen molar-refractivity contribution in [1.29, 1.82) is 0 Å². The number of hydrogen-bond acceptors (Lipinski definition) is 6. The van der Waals surface area contributed by atoms with Gasteiger partial charge in [-0.1, -0.05) is 61.8 Å². The summed E-state index contributed by atoms with van der Waals surface area (Å²) in [5.74, 6) is -0.537. The van der Waals surface area contributed by atoms with Crippen molar-refractivity contribution in [2.24, 2.45) is 31.6 Å². The van der Waals surface area contributed by atoms with Gasteiger partial charge in [0.05, 0.1) is 28.1 Å². The zero-order valence-corrected chi connectivity index (χ0v) is 22.2. The van der Waals surface area contributed by atoms with Crippen LogP contribution in [-0.4, -0.2) is 17.6 Å². The van der Waals surface area contributed by atoms with Gasteiger partial charge in [-0.05, 0) is 73.7 Å². The highest BCUT2D eigenvalue weighted by molar-refractivity contribution is 6.06. The Morgan fingerprint density at radius 2 is 1.45 bits per heavy atom. The summed E-state index contributed by atoms with van der Waals surface area (Å²) in [5, 5.41) is 16.0.